The maximum Gasteiger partial charge on any atom is 0.266 e. The van der Waals surface area contributed by atoms with E-state index in [2.05, 4.69) is 15.9 Å². The van der Waals surface area contributed by atoms with Gasteiger partial charge in [0.2, 0.25) is 0 Å². The van der Waals surface area contributed by atoms with E-state index in [1.54, 1.807) is 13.0 Å². The molecule has 1 aliphatic rings. The number of carbonyl (C=O) groups excluding carboxylic acids is 2. The van der Waals surface area contributed by atoms with E-state index >= 15 is 0 Å². The van der Waals surface area contributed by atoms with Crippen molar-refractivity contribution in [3.63, 3.8) is 0 Å². The first-order chi connectivity index (χ1) is 9.93. The molecular weight excluding hydrogens is 374 g/mol. The minimum absolute atomic E-state index is 0.247. The van der Waals surface area contributed by atoms with Crippen molar-refractivity contribution in [1.82, 2.24) is 4.90 Å². The lowest BCUT2D eigenvalue weighted by Gasteiger charge is -2.26. The minimum Gasteiger partial charge on any atom is -0.548 e. The second kappa shape index (κ2) is 6.72. The van der Waals surface area contributed by atoms with Crippen LogP contribution in [0.4, 0.5) is 0 Å². The van der Waals surface area contributed by atoms with Crippen LogP contribution in [0.2, 0.25) is 0 Å². The van der Waals surface area contributed by atoms with Crippen LogP contribution >= 0.6 is 39.9 Å². The minimum atomic E-state index is -1.29. The fourth-order valence-corrected chi connectivity index (χ4v) is 3.72. The smallest absolute Gasteiger partial charge is 0.266 e. The SMILES string of the molecule is CC[C@H](C(=O)[O-])N1C(=O)/C(=C/c2cccc(Br)c2)SC1=S. The number of carboxylic acids is 1. The van der Waals surface area contributed by atoms with Crippen molar-refractivity contribution in [3.05, 3.63) is 39.2 Å². The maximum absolute atomic E-state index is 12.4. The Labute approximate surface area is 140 Å². The number of amides is 1. The standard InChI is InChI=1S/C14H12BrNO3S2/c1-2-10(13(18)19)16-12(17)11(21-14(16)20)7-8-4-3-5-9(15)6-8/h3-7,10H,2H2,1H3,(H,18,19)/p-1/b11-7-/t10-/m1/s1. The number of nitrogens with zero attached hydrogens (tertiary/aromatic N) is 1. The van der Waals surface area contributed by atoms with E-state index in [0.29, 0.717) is 4.91 Å². The van der Waals surface area contributed by atoms with E-state index in [9.17, 15) is 14.7 Å². The predicted octanol–water partition coefficient (Wildman–Crippen LogP) is 2.18. The van der Waals surface area contributed by atoms with Gasteiger partial charge in [0.25, 0.3) is 5.91 Å². The largest absolute Gasteiger partial charge is 0.548 e. The van der Waals surface area contributed by atoms with E-state index in [1.165, 1.54) is 0 Å². The summed E-state index contributed by atoms with van der Waals surface area (Å²) in [5.74, 6) is -1.68. The van der Waals surface area contributed by atoms with Crippen molar-refractivity contribution in [3.8, 4) is 0 Å². The molecule has 0 aliphatic carbocycles. The van der Waals surface area contributed by atoms with Crippen molar-refractivity contribution < 1.29 is 14.7 Å². The highest BCUT2D eigenvalue weighted by Gasteiger charge is 2.36. The number of hydrogen-bond acceptors (Lipinski definition) is 5. The monoisotopic (exact) mass is 384 g/mol. The summed E-state index contributed by atoms with van der Waals surface area (Å²) < 4.78 is 1.14. The van der Waals surface area contributed by atoms with Gasteiger partial charge in [-0.25, -0.2) is 0 Å². The Morgan fingerprint density at radius 1 is 1.57 bits per heavy atom. The fourth-order valence-electron chi connectivity index (χ4n) is 1.95. The first-order valence-corrected chi connectivity index (χ1v) is 8.19. The van der Waals surface area contributed by atoms with Gasteiger partial charge in [0.15, 0.2) is 0 Å². The van der Waals surface area contributed by atoms with Gasteiger partial charge in [0.05, 0.1) is 16.9 Å². The highest BCUT2D eigenvalue weighted by Crippen LogP contribution is 2.34. The number of carbonyl (C=O) groups is 2. The Balaban J connectivity index is 2.31. The van der Waals surface area contributed by atoms with Crippen molar-refractivity contribution >= 4 is 62.2 Å². The van der Waals surface area contributed by atoms with Gasteiger partial charge in [-0.1, -0.05) is 59.0 Å². The molecule has 0 aromatic heterocycles. The van der Waals surface area contributed by atoms with Gasteiger partial charge in [0.1, 0.15) is 4.32 Å². The number of benzene rings is 1. The van der Waals surface area contributed by atoms with Crippen LogP contribution < -0.4 is 5.11 Å². The average Bonchev–Trinajstić information content (AvgIpc) is 2.67. The van der Waals surface area contributed by atoms with Gasteiger partial charge < -0.3 is 9.90 Å². The molecule has 0 unspecified atom stereocenters. The zero-order valence-electron chi connectivity index (χ0n) is 11.0. The molecule has 4 nitrogen and oxygen atoms in total. The van der Waals surface area contributed by atoms with Crippen LogP contribution in [-0.2, 0) is 9.59 Å². The predicted molar refractivity (Wildman–Crippen MR) is 88.2 cm³/mol. The molecule has 1 amide bonds. The molecular formula is C14H11BrNO3S2-. The van der Waals surface area contributed by atoms with Crippen molar-refractivity contribution in [2.45, 2.75) is 19.4 Å². The fraction of sp³-hybridized carbons (Fsp3) is 0.214. The van der Waals surface area contributed by atoms with E-state index in [4.69, 9.17) is 12.2 Å². The topological polar surface area (TPSA) is 60.4 Å². The van der Waals surface area contributed by atoms with Gasteiger partial charge >= 0.3 is 0 Å². The Morgan fingerprint density at radius 2 is 2.29 bits per heavy atom. The summed E-state index contributed by atoms with van der Waals surface area (Å²) in [5, 5.41) is 11.1. The molecule has 1 aliphatic heterocycles. The molecule has 1 aromatic carbocycles. The van der Waals surface area contributed by atoms with Crippen molar-refractivity contribution in [2.24, 2.45) is 0 Å². The highest BCUT2D eigenvalue weighted by atomic mass is 79.9. The number of rotatable bonds is 4. The average molecular weight is 385 g/mol. The zero-order chi connectivity index (χ0) is 15.6. The summed E-state index contributed by atoms with van der Waals surface area (Å²) in [4.78, 5) is 25.0. The summed E-state index contributed by atoms with van der Waals surface area (Å²) in [7, 11) is 0. The number of thiocarbonyl (C=S) groups is 1. The van der Waals surface area contributed by atoms with E-state index in [-0.39, 0.29) is 16.6 Å². The second-order valence-electron chi connectivity index (χ2n) is 4.35. The first kappa shape index (κ1) is 16.2. The molecule has 0 N–H and O–H groups in total. The van der Waals surface area contributed by atoms with Gasteiger partial charge in [-0.05, 0) is 30.2 Å². The van der Waals surface area contributed by atoms with Gasteiger partial charge in [-0.15, -0.1) is 0 Å². The summed E-state index contributed by atoms with van der Waals surface area (Å²) >= 11 is 9.59. The Kier molecular flexibility index (Phi) is 5.18. The van der Waals surface area contributed by atoms with Gasteiger partial charge in [-0.3, -0.25) is 9.69 Å². The number of aliphatic carboxylic acids is 1. The van der Waals surface area contributed by atoms with Crippen LogP contribution in [0.15, 0.2) is 33.6 Å². The molecule has 21 heavy (non-hydrogen) atoms. The second-order valence-corrected chi connectivity index (χ2v) is 6.94. The molecule has 1 fully saturated rings. The van der Waals surface area contributed by atoms with Crippen LogP contribution in [0.3, 0.4) is 0 Å². The summed E-state index contributed by atoms with van der Waals surface area (Å²) in [6.07, 6.45) is 1.95. The Bertz CT molecular complexity index is 645. The molecule has 0 bridgehead atoms. The van der Waals surface area contributed by atoms with Gasteiger partial charge in [-0.2, -0.15) is 0 Å². The third-order valence-electron chi connectivity index (χ3n) is 2.94. The molecule has 1 aromatic rings. The summed E-state index contributed by atoms with van der Waals surface area (Å²) in [6.45, 7) is 1.68. The van der Waals surface area contributed by atoms with Crippen LogP contribution in [-0.4, -0.2) is 27.1 Å². The number of hydrogen-bond donors (Lipinski definition) is 0. The highest BCUT2D eigenvalue weighted by molar-refractivity contribution is 9.10. The van der Waals surface area contributed by atoms with Crippen molar-refractivity contribution in [2.75, 3.05) is 0 Å². The third kappa shape index (κ3) is 3.53. The van der Waals surface area contributed by atoms with E-state index < -0.39 is 12.0 Å². The van der Waals surface area contributed by atoms with Crippen LogP contribution in [0.25, 0.3) is 6.08 Å². The lowest BCUT2D eigenvalue weighted by molar-refractivity contribution is -0.310. The number of halogens is 1. The number of carboxylic acid groups (broad SMARTS) is 1. The summed E-state index contributed by atoms with van der Waals surface area (Å²) in [5.41, 5.74) is 0.839. The molecule has 1 atom stereocenters. The maximum atomic E-state index is 12.4. The molecule has 1 heterocycles. The number of thioether (sulfide) groups is 1. The Morgan fingerprint density at radius 3 is 2.86 bits per heavy atom. The quantitative estimate of drug-likeness (QED) is 0.588. The molecule has 0 saturated carbocycles. The lowest BCUT2D eigenvalue weighted by atomic mass is 10.2. The molecule has 2 rings (SSSR count). The van der Waals surface area contributed by atoms with Gasteiger partial charge in [0, 0.05) is 4.47 Å². The molecule has 0 spiro atoms. The normalized spacial score (nSPS) is 18.4. The molecule has 0 radical (unpaired) electrons. The summed E-state index contributed by atoms with van der Waals surface area (Å²) in [6, 6.07) is 6.43. The first-order valence-electron chi connectivity index (χ1n) is 6.17. The van der Waals surface area contributed by atoms with E-state index in [1.807, 2.05) is 24.3 Å². The van der Waals surface area contributed by atoms with Crippen LogP contribution in [0.5, 0.6) is 0 Å². The van der Waals surface area contributed by atoms with Crippen LogP contribution in [0, 0.1) is 0 Å². The zero-order valence-corrected chi connectivity index (χ0v) is 14.3. The molecule has 1 saturated heterocycles. The van der Waals surface area contributed by atoms with Crippen LogP contribution in [0.1, 0.15) is 18.9 Å². The molecule has 7 heteroatoms. The third-order valence-corrected chi connectivity index (χ3v) is 4.76. The molecule has 110 valence electrons. The van der Waals surface area contributed by atoms with E-state index in [0.717, 1.165) is 26.7 Å². The Hall–Kier alpha value is -1.18. The lowest BCUT2D eigenvalue weighted by Crippen LogP contribution is -2.49. The van der Waals surface area contributed by atoms with Crippen molar-refractivity contribution in [1.29, 1.82) is 0 Å².